The van der Waals surface area contributed by atoms with Crippen LogP contribution in [-0.2, 0) is 23.8 Å². The number of hydrogen-bond donors (Lipinski definition) is 1. The van der Waals surface area contributed by atoms with Crippen LogP contribution in [0.2, 0.25) is 0 Å². The van der Waals surface area contributed by atoms with Crippen LogP contribution in [0.1, 0.15) is 22.3 Å². The van der Waals surface area contributed by atoms with Crippen LogP contribution in [0.4, 0.5) is 30.7 Å². The average Bonchev–Trinajstić information content (AvgIpc) is 2.73. The van der Waals surface area contributed by atoms with E-state index in [9.17, 15) is 35.5 Å². The van der Waals surface area contributed by atoms with E-state index in [1.165, 1.54) is 6.07 Å². The van der Waals surface area contributed by atoms with E-state index < -0.39 is 53.4 Å². The Bertz CT molecular complexity index is 1170. The van der Waals surface area contributed by atoms with Crippen molar-refractivity contribution < 1.29 is 50.1 Å². The maximum atomic E-state index is 14.7. The summed E-state index contributed by atoms with van der Waals surface area (Å²) in [6, 6.07) is 3.44. The molecule has 35 heavy (non-hydrogen) atoms. The van der Waals surface area contributed by atoms with Gasteiger partial charge in [0.2, 0.25) is 0 Å². The Morgan fingerprint density at radius 3 is 2.43 bits per heavy atom. The van der Waals surface area contributed by atoms with Gasteiger partial charge in [0.1, 0.15) is 30.5 Å². The minimum atomic E-state index is -5.05. The summed E-state index contributed by atoms with van der Waals surface area (Å²) in [7, 11) is 0. The highest BCUT2D eigenvalue weighted by Crippen LogP contribution is 2.38. The van der Waals surface area contributed by atoms with Crippen LogP contribution in [0.3, 0.4) is 0 Å². The number of hydrogen-bond acceptors (Lipinski definition) is 4. The third-order valence-electron chi connectivity index (χ3n) is 5.70. The van der Waals surface area contributed by atoms with E-state index in [0.29, 0.717) is 37.3 Å². The first-order valence-electron chi connectivity index (χ1n) is 10.3. The van der Waals surface area contributed by atoms with Gasteiger partial charge in [-0.15, -0.1) is 0 Å². The molecule has 12 heteroatoms. The Balaban J connectivity index is 1.48. The summed E-state index contributed by atoms with van der Waals surface area (Å²) in [6.45, 7) is 0.500. The number of carboxylic acids is 1. The summed E-state index contributed by atoms with van der Waals surface area (Å²) in [5.41, 5.74) is -2.65. The van der Waals surface area contributed by atoms with Crippen LogP contribution in [0.5, 0.6) is 11.5 Å². The van der Waals surface area contributed by atoms with Gasteiger partial charge in [-0.1, -0.05) is 6.07 Å². The van der Waals surface area contributed by atoms with Crippen molar-refractivity contribution in [1.82, 2.24) is 4.90 Å². The molecule has 188 valence electrons. The van der Waals surface area contributed by atoms with Gasteiger partial charge in [0.15, 0.2) is 0 Å². The van der Waals surface area contributed by atoms with Gasteiger partial charge in [-0.2, -0.15) is 26.3 Å². The number of carboxylic acid groups (broad SMARTS) is 1. The van der Waals surface area contributed by atoms with Gasteiger partial charge in [0.25, 0.3) is 0 Å². The molecule has 5 nitrogen and oxygen atoms in total. The summed E-state index contributed by atoms with van der Waals surface area (Å²) in [6.07, 6.45) is -8.44. The second-order valence-corrected chi connectivity index (χ2v) is 8.29. The lowest BCUT2D eigenvalue weighted by molar-refractivity contribution is -0.147. The normalized spacial score (nSPS) is 16.7. The molecular weight excluding hydrogens is 487 g/mol. The molecule has 0 aliphatic carbocycles. The first-order chi connectivity index (χ1) is 16.3. The van der Waals surface area contributed by atoms with Crippen molar-refractivity contribution in [2.75, 3.05) is 26.2 Å². The Kier molecular flexibility index (Phi) is 6.43. The number of benzene rings is 2. The van der Waals surface area contributed by atoms with Crippen LogP contribution in [0.25, 0.3) is 6.08 Å². The maximum absolute atomic E-state index is 14.7. The van der Waals surface area contributed by atoms with E-state index in [2.05, 4.69) is 0 Å². The van der Waals surface area contributed by atoms with Crippen molar-refractivity contribution >= 4 is 12.0 Å². The lowest BCUT2D eigenvalue weighted by Gasteiger charge is -2.37. The summed E-state index contributed by atoms with van der Waals surface area (Å²) < 4.78 is 104. The molecule has 0 aromatic heterocycles. The van der Waals surface area contributed by atoms with Gasteiger partial charge < -0.3 is 14.6 Å². The number of rotatable bonds is 6. The standard InChI is InChI=1S/C23H18F7NO4/c24-19-5-16(34-11-13-1-2-15(22(25,26)27)4-18(13)23(28,29)30)6-20-17(19)3-12(10-35-20)7-31-8-14(9-31)21(32)33/h1-6,14H,7-11H2,(H,32,33). The van der Waals surface area contributed by atoms with Crippen molar-refractivity contribution in [3.8, 4) is 11.5 Å². The largest absolute Gasteiger partial charge is 0.489 e. The van der Waals surface area contributed by atoms with Crippen molar-refractivity contribution in [2.45, 2.75) is 19.0 Å². The predicted molar refractivity (Wildman–Crippen MR) is 108 cm³/mol. The Labute approximate surface area is 194 Å². The van der Waals surface area contributed by atoms with Gasteiger partial charge in [-0.3, -0.25) is 9.69 Å². The molecule has 0 radical (unpaired) electrons. The van der Waals surface area contributed by atoms with E-state index >= 15 is 0 Å². The van der Waals surface area contributed by atoms with Crippen molar-refractivity contribution in [3.05, 3.63) is 64.0 Å². The van der Waals surface area contributed by atoms with E-state index in [1.807, 2.05) is 4.90 Å². The zero-order chi connectivity index (χ0) is 25.5. The van der Waals surface area contributed by atoms with Crippen LogP contribution < -0.4 is 9.47 Å². The van der Waals surface area contributed by atoms with Crippen molar-refractivity contribution in [2.24, 2.45) is 5.92 Å². The first-order valence-corrected chi connectivity index (χ1v) is 10.3. The van der Waals surface area contributed by atoms with Crippen LogP contribution >= 0.6 is 0 Å². The molecule has 0 bridgehead atoms. The number of aliphatic carboxylic acids is 1. The Morgan fingerprint density at radius 1 is 1.09 bits per heavy atom. The fourth-order valence-electron chi connectivity index (χ4n) is 3.87. The number of carbonyl (C=O) groups is 1. The Hall–Kier alpha value is -3.28. The molecule has 4 rings (SSSR count). The zero-order valence-corrected chi connectivity index (χ0v) is 17.8. The van der Waals surface area contributed by atoms with Crippen LogP contribution in [0.15, 0.2) is 35.9 Å². The van der Waals surface area contributed by atoms with E-state index in [-0.39, 0.29) is 29.7 Å². The molecule has 2 aliphatic rings. The van der Waals surface area contributed by atoms with Gasteiger partial charge >= 0.3 is 18.3 Å². The Morgan fingerprint density at radius 2 is 1.80 bits per heavy atom. The topological polar surface area (TPSA) is 59.0 Å². The van der Waals surface area contributed by atoms with Gasteiger partial charge in [0, 0.05) is 37.3 Å². The molecule has 1 fully saturated rings. The van der Waals surface area contributed by atoms with Crippen molar-refractivity contribution in [1.29, 1.82) is 0 Å². The summed E-state index contributed by atoms with van der Waals surface area (Å²) >= 11 is 0. The molecule has 0 saturated carbocycles. The fraction of sp³-hybridized carbons (Fsp3) is 0.348. The number of ether oxygens (including phenoxy) is 2. The summed E-state index contributed by atoms with van der Waals surface area (Å²) in [5, 5.41) is 8.94. The van der Waals surface area contributed by atoms with E-state index in [0.717, 1.165) is 6.07 Å². The second kappa shape index (κ2) is 9.06. The second-order valence-electron chi connectivity index (χ2n) is 8.29. The number of fused-ring (bicyclic) bond motifs is 1. The average molecular weight is 505 g/mol. The number of likely N-dealkylation sites (tertiary alicyclic amines) is 1. The summed E-state index contributed by atoms with van der Waals surface area (Å²) in [4.78, 5) is 12.8. The summed E-state index contributed by atoms with van der Waals surface area (Å²) in [5.74, 6) is -2.13. The smallest absolute Gasteiger partial charge is 0.416 e. The molecule has 1 N–H and O–H groups in total. The molecule has 0 unspecified atom stereocenters. The molecule has 2 aliphatic heterocycles. The van der Waals surface area contributed by atoms with Crippen LogP contribution in [-0.4, -0.2) is 42.2 Å². The van der Waals surface area contributed by atoms with Gasteiger partial charge in [-0.25, -0.2) is 4.39 Å². The fourth-order valence-corrected chi connectivity index (χ4v) is 3.87. The third-order valence-corrected chi connectivity index (χ3v) is 5.70. The molecule has 2 heterocycles. The molecular formula is C23H18F7NO4. The minimum absolute atomic E-state index is 0.0123. The molecule has 1 saturated heterocycles. The number of nitrogens with zero attached hydrogens (tertiary/aromatic N) is 1. The lowest BCUT2D eigenvalue weighted by atomic mass is 9.98. The van der Waals surface area contributed by atoms with E-state index in [4.69, 9.17) is 14.6 Å². The maximum Gasteiger partial charge on any atom is 0.416 e. The minimum Gasteiger partial charge on any atom is -0.489 e. The highest BCUT2D eigenvalue weighted by atomic mass is 19.4. The molecule has 2 aromatic carbocycles. The highest BCUT2D eigenvalue weighted by Gasteiger charge is 2.38. The molecule has 0 atom stereocenters. The van der Waals surface area contributed by atoms with Crippen LogP contribution in [0, 0.1) is 11.7 Å². The number of halogens is 7. The van der Waals surface area contributed by atoms with Crippen molar-refractivity contribution in [3.63, 3.8) is 0 Å². The van der Waals surface area contributed by atoms with E-state index in [1.54, 1.807) is 6.08 Å². The number of alkyl halides is 6. The quantitative estimate of drug-likeness (QED) is 0.545. The predicted octanol–water partition coefficient (Wildman–Crippen LogP) is 5.23. The third kappa shape index (κ3) is 5.53. The monoisotopic (exact) mass is 505 g/mol. The molecule has 0 spiro atoms. The zero-order valence-electron chi connectivity index (χ0n) is 17.8. The molecule has 2 aromatic rings. The SMILES string of the molecule is O=C(O)C1CN(CC2=Cc3c(F)cc(OCc4ccc(C(F)(F)F)cc4C(F)(F)F)cc3OC2)C1. The van der Waals surface area contributed by atoms with Gasteiger partial charge in [0.05, 0.1) is 22.6 Å². The van der Waals surface area contributed by atoms with Gasteiger partial charge in [-0.05, 0) is 23.8 Å². The molecule has 0 amide bonds. The highest BCUT2D eigenvalue weighted by molar-refractivity contribution is 5.71. The lowest BCUT2D eigenvalue weighted by Crippen LogP contribution is -2.51. The first kappa shape index (κ1) is 24.8.